The van der Waals surface area contributed by atoms with Gasteiger partial charge in [-0.1, -0.05) is 35.1 Å². The van der Waals surface area contributed by atoms with Crippen LogP contribution in [-0.2, 0) is 9.53 Å². The maximum atomic E-state index is 13.4. The first kappa shape index (κ1) is 22.6. The number of esters is 1. The van der Waals surface area contributed by atoms with E-state index >= 15 is 0 Å². The van der Waals surface area contributed by atoms with Crippen molar-refractivity contribution in [3.63, 3.8) is 0 Å². The number of phenolic OH excluding ortho intramolecular Hbond substituents is 3. The average Bonchev–Trinajstić information content (AvgIpc) is 3.06. The lowest BCUT2D eigenvalue weighted by atomic mass is 9.96. The first-order chi connectivity index (χ1) is 15.7. The van der Waals surface area contributed by atoms with Crippen LogP contribution in [-0.4, -0.2) is 32.5 Å². The summed E-state index contributed by atoms with van der Waals surface area (Å²) in [7, 11) is 0. The molecule has 0 saturated heterocycles. The Labute approximate surface area is 196 Å². The first-order valence-corrected chi connectivity index (χ1v) is 11.1. The monoisotopic (exact) mass is 486 g/mol. The fourth-order valence-electron chi connectivity index (χ4n) is 3.61. The second kappa shape index (κ2) is 8.76. The summed E-state index contributed by atoms with van der Waals surface area (Å²) < 4.78 is 6.92. The van der Waals surface area contributed by atoms with Crippen LogP contribution in [0.1, 0.15) is 31.0 Å². The molecule has 0 saturated carbocycles. The van der Waals surface area contributed by atoms with Crippen LogP contribution >= 0.6 is 22.9 Å². The highest BCUT2D eigenvalue weighted by Crippen LogP contribution is 2.35. The number of benzene rings is 2. The minimum absolute atomic E-state index is 0.168. The van der Waals surface area contributed by atoms with Crippen LogP contribution in [0.25, 0.3) is 6.08 Å². The van der Waals surface area contributed by atoms with Gasteiger partial charge in [-0.15, -0.1) is 0 Å². The lowest BCUT2D eigenvalue weighted by molar-refractivity contribution is -0.139. The molecule has 1 aliphatic heterocycles. The summed E-state index contributed by atoms with van der Waals surface area (Å²) in [5.41, 5.74) is 1.22. The van der Waals surface area contributed by atoms with E-state index in [-0.39, 0.29) is 16.7 Å². The van der Waals surface area contributed by atoms with E-state index in [0.29, 0.717) is 26.6 Å². The number of hydrogen-bond donors (Lipinski definition) is 3. The summed E-state index contributed by atoms with van der Waals surface area (Å²) in [5.74, 6) is -2.26. The van der Waals surface area contributed by atoms with Crippen LogP contribution in [0.3, 0.4) is 0 Å². The molecule has 0 aliphatic carbocycles. The Bertz CT molecular complexity index is 1450. The lowest BCUT2D eigenvalue weighted by Gasteiger charge is -2.24. The number of rotatable bonds is 4. The lowest BCUT2D eigenvalue weighted by Crippen LogP contribution is -2.39. The summed E-state index contributed by atoms with van der Waals surface area (Å²) in [6.45, 7) is 3.55. The Morgan fingerprint density at radius 3 is 2.45 bits per heavy atom. The number of allylic oxidation sites excluding steroid dienone is 1. The van der Waals surface area contributed by atoms with Crippen molar-refractivity contribution < 1.29 is 24.9 Å². The van der Waals surface area contributed by atoms with Crippen LogP contribution in [0, 0.1) is 0 Å². The molecule has 0 bridgehead atoms. The summed E-state index contributed by atoms with van der Waals surface area (Å²) >= 11 is 7.13. The van der Waals surface area contributed by atoms with Crippen molar-refractivity contribution in [2.75, 3.05) is 6.61 Å². The average molecular weight is 487 g/mol. The number of carbonyl (C=O) groups is 1. The third kappa shape index (κ3) is 4.12. The molecule has 2 heterocycles. The van der Waals surface area contributed by atoms with Crippen molar-refractivity contribution in [3.05, 3.63) is 83.5 Å². The molecule has 3 aromatic rings. The van der Waals surface area contributed by atoms with Gasteiger partial charge in [0.15, 0.2) is 22.0 Å². The first-order valence-electron chi connectivity index (χ1n) is 9.91. The summed E-state index contributed by atoms with van der Waals surface area (Å²) in [4.78, 5) is 31.1. The smallest absolute Gasteiger partial charge is 0.338 e. The molecule has 8 nitrogen and oxygen atoms in total. The number of nitrogens with zero attached hydrogens (tertiary/aromatic N) is 2. The number of aromatic nitrogens is 1. The van der Waals surface area contributed by atoms with Crippen LogP contribution in [0.15, 0.2) is 57.5 Å². The fourth-order valence-corrected chi connectivity index (χ4v) is 4.78. The molecule has 33 heavy (non-hydrogen) atoms. The van der Waals surface area contributed by atoms with E-state index in [2.05, 4.69) is 4.99 Å². The van der Waals surface area contributed by atoms with Gasteiger partial charge < -0.3 is 20.1 Å². The third-order valence-corrected chi connectivity index (χ3v) is 6.33. The predicted octanol–water partition coefficient (Wildman–Crippen LogP) is 2.57. The highest BCUT2D eigenvalue weighted by atomic mass is 35.5. The highest BCUT2D eigenvalue weighted by Gasteiger charge is 2.33. The van der Waals surface area contributed by atoms with Crippen LogP contribution in [0.2, 0.25) is 5.02 Å². The summed E-state index contributed by atoms with van der Waals surface area (Å²) in [5, 5.41) is 29.7. The molecule has 10 heteroatoms. The van der Waals surface area contributed by atoms with Gasteiger partial charge in [0, 0.05) is 5.02 Å². The minimum Gasteiger partial charge on any atom is -0.504 e. The van der Waals surface area contributed by atoms with Gasteiger partial charge in [0.1, 0.15) is 0 Å². The SMILES string of the molecule is CCOC(=O)C1=C(C)N=c2s/c(=C\c3cc(O)c(O)c(O)c3)c(=O)n2C1c1ccc(Cl)cc1. The Morgan fingerprint density at radius 1 is 1.21 bits per heavy atom. The van der Waals surface area contributed by atoms with Gasteiger partial charge in [0.25, 0.3) is 5.56 Å². The molecule has 2 aromatic carbocycles. The largest absolute Gasteiger partial charge is 0.504 e. The molecule has 0 amide bonds. The molecule has 1 aromatic heterocycles. The van der Waals surface area contributed by atoms with E-state index in [1.807, 2.05) is 0 Å². The van der Waals surface area contributed by atoms with Gasteiger partial charge in [0.2, 0.25) is 0 Å². The number of carbonyl (C=O) groups excluding carboxylic acids is 1. The van der Waals surface area contributed by atoms with Crippen molar-refractivity contribution in [2.24, 2.45) is 4.99 Å². The normalized spacial score (nSPS) is 15.8. The van der Waals surface area contributed by atoms with Gasteiger partial charge in [-0.2, -0.15) is 0 Å². The minimum atomic E-state index is -0.777. The highest BCUT2D eigenvalue weighted by molar-refractivity contribution is 7.07. The van der Waals surface area contributed by atoms with Gasteiger partial charge in [-0.3, -0.25) is 9.36 Å². The number of ether oxygens (including phenoxy) is 1. The van der Waals surface area contributed by atoms with Gasteiger partial charge in [0.05, 0.1) is 28.5 Å². The van der Waals surface area contributed by atoms with E-state index in [1.165, 1.54) is 22.8 Å². The number of hydrogen-bond acceptors (Lipinski definition) is 8. The maximum Gasteiger partial charge on any atom is 0.338 e. The fraction of sp³-hybridized carbons (Fsp3) is 0.174. The van der Waals surface area contributed by atoms with Crippen molar-refractivity contribution in [2.45, 2.75) is 19.9 Å². The Kier molecular flexibility index (Phi) is 6.01. The molecule has 0 fully saturated rings. The molecule has 4 rings (SSSR count). The predicted molar refractivity (Wildman–Crippen MR) is 123 cm³/mol. The molecule has 0 radical (unpaired) electrons. The molecule has 1 aliphatic rings. The molecular formula is C23H19ClN2O6S. The Hall–Kier alpha value is -3.56. The molecule has 0 spiro atoms. The van der Waals surface area contributed by atoms with Crippen molar-refractivity contribution in [1.29, 1.82) is 0 Å². The van der Waals surface area contributed by atoms with Crippen LogP contribution in [0.5, 0.6) is 17.2 Å². The van der Waals surface area contributed by atoms with Crippen LogP contribution in [0.4, 0.5) is 0 Å². The molecular weight excluding hydrogens is 468 g/mol. The second-order valence-corrected chi connectivity index (χ2v) is 8.71. The Balaban J connectivity index is 1.96. The molecule has 1 unspecified atom stereocenters. The number of phenols is 3. The van der Waals surface area contributed by atoms with Gasteiger partial charge >= 0.3 is 5.97 Å². The van der Waals surface area contributed by atoms with Crippen molar-refractivity contribution in [1.82, 2.24) is 4.57 Å². The zero-order chi connectivity index (χ0) is 23.9. The maximum absolute atomic E-state index is 13.4. The topological polar surface area (TPSA) is 121 Å². The van der Waals surface area contributed by atoms with Gasteiger partial charge in [-0.05, 0) is 55.3 Å². The number of fused-ring (bicyclic) bond motifs is 1. The molecule has 170 valence electrons. The van der Waals surface area contributed by atoms with E-state index in [0.717, 1.165) is 11.3 Å². The number of aromatic hydroxyl groups is 3. The Morgan fingerprint density at radius 2 is 1.85 bits per heavy atom. The van der Waals surface area contributed by atoms with Crippen LogP contribution < -0.4 is 14.9 Å². The number of halogens is 1. The number of thiazole rings is 1. The van der Waals surface area contributed by atoms with Gasteiger partial charge in [-0.25, -0.2) is 9.79 Å². The van der Waals surface area contributed by atoms with Crippen molar-refractivity contribution in [3.8, 4) is 17.2 Å². The van der Waals surface area contributed by atoms with Crippen molar-refractivity contribution >= 4 is 35.0 Å². The van der Waals surface area contributed by atoms with E-state index in [1.54, 1.807) is 38.1 Å². The zero-order valence-electron chi connectivity index (χ0n) is 17.6. The summed E-state index contributed by atoms with van der Waals surface area (Å²) in [6, 6.07) is 8.48. The standard InChI is InChI=1S/C23H19ClN2O6S/c1-3-32-22(31)18-11(2)25-23-26(19(18)13-4-6-14(24)7-5-13)21(30)17(33-23)10-12-8-15(27)20(29)16(28)9-12/h4-10,19,27-29H,3H2,1-2H3/b17-10-. The van der Waals surface area contributed by atoms with E-state index < -0.39 is 34.8 Å². The molecule has 3 N–H and O–H groups in total. The zero-order valence-corrected chi connectivity index (χ0v) is 19.1. The summed E-state index contributed by atoms with van der Waals surface area (Å²) in [6.07, 6.45) is 1.46. The van der Waals surface area contributed by atoms with E-state index in [4.69, 9.17) is 16.3 Å². The quantitative estimate of drug-likeness (QED) is 0.385. The molecule has 1 atom stereocenters. The second-order valence-electron chi connectivity index (χ2n) is 7.26. The third-order valence-electron chi connectivity index (χ3n) is 5.09. The van der Waals surface area contributed by atoms with E-state index in [9.17, 15) is 24.9 Å².